The van der Waals surface area contributed by atoms with E-state index in [1.807, 2.05) is 41.1 Å². The van der Waals surface area contributed by atoms with Crippen molar-refractivity contribution < 1.29 is 19.4 Å². The molecule has 1 saturated carbocycles. The van der Waals surface area contributed by atoms with Gasteiger partial charge in [-0.2, -0.15) is 5.10 Å². The van der Waals surface area contributed by atoms with Gasteiger partial charge in [0.1, 0.15) is 6.10 Å². The predicted octanol–water partition coefficient (Wildman–Crippen LogP) is 2.81. The molecule has 9 heteroatoms. The molecule has 1 heterocycles. The number of nitrogens with two attached hydrogens (primary N) is 2. The van der Waals surface area contributed by atoms with Gasteiger partial charge in [0.15, 0.2) is 5.70 Å². The van der Waals surface area contributed by atoms with Gasteiger partial charge in [0.25, 0.3) is 0 Å². The average Bonchev–Trinajstić information content (AvgIpc) is 3.22. The molecule has 1 aliphatic rings. The van der Waals surface area contributed by atoms with Crippen LogP contribution < -0.4 is 17.0 Å². The van der Waals surface area contributed by atoms with E-state index in [-0.39, 0.29) is 24.3 Å². The van der Waals surface area contributed by atoms with Gasteiger partial charge in [-0.3, -0.25) is 10.5 Å². The molecule has 9 nitrogen and oxygen atoms in total. The van der Waals surface area contributed by atoms with Gasteiger partial charge in [-0.25, -0.2) is 4.79 Å². The van der Waals surface area contributed by atoms with Gasteiger partial charge in [0.05, 0.1) is 24.4 Å². The van der Waals surface area contributed by atoms with Gasteiger partial charge in [-0.05, 0) is 58.1 Å². The van der Waals surface area contributed by atoms with Crippen LogP contribution in [0, 0.1) is 0 Å². The Kier molecular flexibility index (Phi) is 10.2. The number of ether oxygens (including phenoxy) is 2. The smallest absolute Gasteiger partial charge is 0.361 e. The molecule has 1 aromatic carbocycles. The number of aromatic nitrogens is 2. The van der Waals surface area contributed by atoms with E-state index in [0.717, 1.165) is 36.9 Å². The van der Waals surface area contributed by atoms with Crippen molar-refractivity contribution in [3.05, 3.63) is 54.2 Å². The van der Waals surface area contributed by atoms with Crippen molar-refractivity contribution in [2.45, 2.75) is 71.1 Å². The molecule has 182 valence electrons. The van der Waals surface area contributed by atoms with E-state index in [2.05, 4.69) is 10.5 Å². The third-order valence-corrected chi connectivity index (χ3v) is 5.04. The Labute approximate surface area is 195 Å². The van der Waals surface area contributed by atoms with Crippen LogP contribution in [0.5, 0.6) is 0 Å². The fourth-order valence-corrected chi connectivity index (χ4v) is 3.53. The predicted molar refractivity (Wildman–Crippen MR) is 127 cm³/mol. The highest BCUT2D eigenvalue weighted by atomic mass is 16.5. The van der Waals surface area contributed by atoms with E-state index < -0.39 is 11.6 Å². The van der Waals surface area contributed by atoms with Crippen LogP contribution in [-0.4, -0.2) is 39.2 Å². The van der Waals surface area contributed by atoms with Crippen LogP contribution in [0.15, 0.2) is 54.2 Å². The Balaban J connectivity index is 0.000000234. The molecule has 6 N–H and O–H groups in total. The summed E-state index contributed by atoms with van der Waals surface area (Å²) in [6.45, 7) is 6.03. The molecular weight excluding hydrogens is 422 g/mol. The first-order chi connectivity index (χ1) is 15.7. The second-order valence-corrected chi connectivity index (χ2v) is 8.53. The number of hydrogen-bond acceptors (Lipinski definition) is 8. The highest BCUT2D eigenvalue weighted by Crippen LogP contribution is 2.22. The summed E-state index contributed by atoms with van der Waals surface area (Å²) in [7, 11) is 0. The maximum atomic E-state index is 11.5. The lowest BCUT2D eigenvalue weighted by Gasteiger charge is -2.23. The Bertz CT molecular complexity index is 884. The molecule has 0 bridgehead atoms. The van der Waals surface area contributed by atoms with E-state index in [1.165, 1.54) is 6.42 Å². The topological polar surface area (TPSA) is 138 Å². The van der Waals surface area contributed by atoms with Crippen LogP contribution in [0.4, 0.5) is 0 Å². The summed E-state index contributed by atoms with van der Waals surface area (Å²) in [5, 5.41) is 14.0. The first-order valence-corrected chi connectivity index (χ1v) is 11.3. The summed E-state index contributed by atoms with van der Waals surface area (Å²) in [6, 6.07) is 12.0. The number of benzene rings is 1. The molecule has 0 amide bonds. The first-order valence-electron chi connectivity index (χ1n) is 11.3. The summed E-state index contributed by atoms with van der Waals surface area (Å²) in [6.07, 6.45) is 7.23. The monoisotopic (exact) mass is 459 g/mol. The van der Waals surface area contributed by atoms with Gasteiger partial charge in [0, 0.05) is 6.20 Å². The standard InChI is InChI=1S/C13H16N2O.C11H21N3O3/c1-13(2,16)10-15-12(8-9-14-15)11-6-4-3-5-7-11;1-2-16-11(15)9(14-13)10(12)17-8-6-4-3-5-7-8/h3-9,16H,10H2,1-2H3;8,14H,2-7,12-13H2,1H3/b;10-9+. The largest absolute Gasteiger partial charge is 0.474 e. The Hall–Kier alpha value is -3.04. The van der Waals surface area contributed by atoms with Crippen molar-refractivity contribution in [1.29, 1.82) is 0 Å². The van der Waals surface area contributed by atoms with E-state index in [1.54, 1.807) is 27.0 Å². The van der Waals surface area contributed by atoms with Crippen molar-refractivity contribution in [3.8, 4) is 11.3 Å². The zero-order valence-corrected chi connectivity index (χ0v) is 19.8. The lowest BCUT2D eigenvalue weighted by Crippen LogP contribution is -2.33. The van der Waals surface area contributed by atoms with Crippen LogP contribution in [0.25, 0.3) is 11.3 Å². The zero-order chi connectivity index (χ0) is 24.3. The SMILES string of the molecule is CC(C)(O)Cn1nccc1-c1ccccc1.CCOC(=O)/C(NN)=C(/N)OC1CCCCC1. The number of esters is 1. The van der Waals surface area contributed by atoms with Crippen LogP contribution in [0.3, 0.4) is 0 Å². The number of rotatable bonds is 8. The number of carbonyl (C=O) groups excluding carboxylic acids is 1. The minimum Gasteiger partial charge on any atom is -0.474 e. The van der Waals surface area contributed by atoms with Crippen LogP contribution >= 0.6 is 0 Å². The number of nitrogens with zero attached hydrogens (tertiary/aromatic N) is 2. The number of carbonyl (C=O) groups is 1. The molecule has 33 heavy (non-hydrogen) atoms. The molecule has 0 atom stereocenters. The van der Waals surface area contributed by atoms with Crippen molar-refractivity contribution in [2.24, 2.45) is 11.6 Å². The van der Waals surface area contributed by atoms with E-state index >= 15 is 0 Å². The van der Waals surface area contributed by atoms with Crippen molar-refractivity contribution in [1.82, 2.24) is 15.2 Å². The minimum absolute atomic E-state index is 0.0119. The third-order valence-electron chi connectivity index (χ3n) is 5.04. The molecule has 1 aromatic heterocycles. The lowest BCUT2D eigenvalue weighted by molar-refractivity contribution is -0.139. The molecule has 3 rings (SSSR count). The molecule has 0 saturated heterocycles. The Morgan fingerprint density at radius 1 is 1.21 bits per heavy atom. The molecule has 1 aliphatic carbocycles. The van der Waals surface area contributed by atoms with Crippen LogP contribution in [0.2, 0.25) is 0 Å². The lowest BCUT2D eigenvalue weighted by atomic mass is 9.98. The van der Waals surface area contributed by atoms with Crippen molar-refractivity contribution in [2.75, 3.05) is 6.61 Å². The molecule has 0 spiro atoms. The summed E-state index contributed by atoms with van der Waals surface area (Å²) >= 11 is 0. The van der Waals surface area contributed by atoms with Crippen LogP contribution in [0.1, 0.15) is 52.9 Å². The number of nitrogens with one attached hydrogen (secondary N) is 1. The second-order valence-electron chi connectivity index (χ2n) is 8.53. The van der Waals surface area contributed by atoms with Gasteiger partial charge in [-0.1, -0.05) is 36.8 Å². The summed E-state index contributed by atoms with van der Waals surface area (Å²) in [5.41, 5.74) is 9.31. The summed E-state index contributed by atoms with van der Waals surface area (Å²) in [5.74, 6) is 4.66. The maximum Gasteiger partial charge on any atom is 0.361 e. The minimum atomic E-state index is -0.754. The normalized spacial score (nSPS) is 15.1. The molecule has 0 radical (unpaired) electrons. The Morgan fingerprint density at radius 3 is 2.45 bits per heavy atom. The quantitative estimate of drug-likeness (QED) is 0.155. The fraction of sp³-hybridized carbons (Fsp3) is 0.500. The van der Waals surface area contributed by atoms with Gasteiger partial charge >= 0.3 is 5.97 Å². The number of aliphatic hydroxyl groups is 1. The van der Waals surface area contributed by atoms with E-state index in [9.17, 15) is 9.90 Å². The number of hydrazine groups is 1. The first kappa shape index (κ1) is 26.2. The second kappa shape index (κ2) is 12.9. The highest BCUT2D eigenvalue weighted by molar-refractivity contribution is 5.88. The average molecular weight is 460 g/mol. The molecule has 2 aromatic rings. The van der Waals surface area contributed by atoms with Crippen molar-refractivity contribution >= 4 is 5.97 Å². The maximum absolute atomic E-state index is 11.5. The highest BCUT2D eigenvalue weighted by Gasteiger charge is 2.20. The zero-order valence-electron chi connectivity index (χ0n) is 19.8. The van der Waals surface area contributed by atoms with Gasteiger partial charge in [0.2, 0.25) is 5.88 Å². The number of hydrogen-bond donors (Lipinski definition) is 4. The van der Waals surface area contributed by atoms with E-state index in [0.29, 0.717) is 6.54 Å². The fourth-order valence-electron chi connectivity index (χ4n) is 3.53. The van der Waals surface area contributed by atoms with Gasteiger partial charge < -0.3 is 25.7 Å². The third kappa shape index (κ3) is 8.78. The summed E-state index contributed by atoms with van der Waals surface area (Å²) < 4.78 is 12.2. The van der Waals surface area contributed by atoms with E-state index in [4.69, 9.17) is 21.1 Å². The Morgan fingerprint density at radius 2 is 1.88 bits per heavy atom. The van der Waals surface area contributed by atoms with Crippen molar-refractivity contribution in [3.63, 3.8) is 0 Å². The summed E-state index contributed by atoms with van der Waals surface area (Å²) in [4.78, 5) is 11.5. The van der Waals surface area contributed by atoms with Crippen LogP contribution in [-0.2, 0) is 20.8 Å². The molecule has 0 unspecified atom stereocenters. The molecule has 1 fully saturated rings. The van der Waals surface area contributed by atoms with Gasteiger partial charge in [-0.15, -0.1) is 0 Å². The molecular formula is C24H37N5O4. The molecule has 0 aliphatic heterocycles.